The van der Waals surface area contributed by atoms with E-state index in [0.29, 0.717) is 29.8 Å². The molecular weight excluding hydrogens is 464 g/mol. The van der Waals surface area contributed by atoms with E-state index in [1.165, 1.54) is 4.90 Å². The molecule has 1 heterocycles. The molecule has 3 rings (SSSR count). The van der Waals surface area contributed by atoms with Crippen molar-refractivity contribution in [3.63, 3.8) is 0 Å². The molecule has 0 aromatic heterocycles. The van der Waals surface area contributed by atoms with E-state index in [4.69, 9.17) is 4.74 Å². The Hall–Kier alpha value is -4.21. The largest absolute Gasteiger partial charge is 0.444 e. The zero-order valence-corrected chi connectivity index (χ0v) is 20.6. The topological polar surface area (TPSA) is 134 Å². The molecule has 0 spiro atoms. The van der Waals surface area contributed by atoms with Gasteiger partial charge in [-0.25, -0.2) is 4.79 Å². The second-order valence-corrected chi connectivity index (χ2v) is 9.29. The van der Waals surface area contributed by atoms with Gasteiger partial charge in [0, 0.05) is 25.2 Å². The number of hydrogen-bond donors (Lipinski definition) is 3. The third-order valence-corrected chi connectivity index (χ3v) is 5.18. The van der Waals surface area contributed by atoms with Gasteiger partial charge in [0.1, 0.15) is 12.1 Å². The minimum absolute atomic E-state index is 0.173. The van der Waals surface area contributed by atoms with Crippen LogP contribution in [0.25, 0.3) is 0 Å². The number of anilines is 1. The van der Waals surface area contributed by atoms with E-state index < -0.39 is 17.6 Å². The molecule has 0 saturated carbocycles. The molecule has 0 saturated heterocycles. The highest BCUT2D eigenvalue weighted by Crippen LogP contribution is 2.22. The molecule has 190 valence electrons. The number of nitrogens with zero attached hydrogens (tertiary/aromatic N) is 1. The third kappa shape index (κ3) is 7.39. The number of alkyl carbamates (subject to hydrolysis) is 1. The van der Waals surface area contributed by atoms with Crippen molar-refractivity contribution in [2.75, 3.05) is 18.4 Å². The molecule has 0 aliphatic carbocycles. The summed E-state index contributed by atoms with van der Waals surface area (Å²) in [5.41, 5.74) is 1.51. The van der Waals surface area contributed by atoms with Crippen molar-refractivity contribution in [1.82, 2.24) is 15.5 Å². The van der Waals surface area contributed by atoms with Gasteiger partial charge >= 0.3 is 6.09 Å². The van der Waals surface area contributed by atoms with Crippen molar-refractivity contribution in [1.29, 1.82) is 0 Å². The molecule has 10 nitrogen and oxygen atoms in total. The van der Waals surface area contributed by atoms with Crippen LogP contribution in [0.1, 0.15) is 59.9 Å². The minimum atomic E-state index is -0.674. The second kappa shape index (κ2) is 11.5. The van der Waals surface area contributed by atoms with E-state index in [0.717, 1.165) is 5.56 Å². The maximum Gasteiger partial charge on any atom is 0.408 e. The Morgan fingerprint density at radius 1 is 0.861 bits per heavy atom. The van der Waals surface area contributed by atoms with Gasteiger partial charge in [-0.05, 0) is 57.0 Å². The number of carbonyl (C=O) groups excluding carboxylic acids is 5. The van der Waals surface area contributed by atoms with Gasteiger partial charge in [-0.3, -0.25) is 24.1 Å². The summed E-state index contributed by atoms with van der Waals surface area (Å²) in [5.74, 6) is -1.26. The lowest BCUT2D eigenvalue weighted by atomic mass is 10.1. The average molecular weight is 495 g/mol. The summed E-state index contributed by atoms with van der Waals surface area (Å²) in [7, 11) is 0. The molecule has 0 fully saturated rings. The molecule has 36 heavy (non-hydrogen) atoms. The first-order chi connectivity index (χ1) is 17.0. The van der Waals surface area contributed by atoms with Gasteiger partial charge < -0.3 is 20.7 Å². The first kappa shape index (κ1) is 26.4. The van der Waals surface area contributed by atoms with Crippen LogP contribution in [0.5, 0.6) is 0 Å². The highest BCUT2D eigenvalue weighted by molar-refractivity contribution is 6.21. The number of rotatable bonds is 9. The van der Waals surface area contributed by atoms with Crippen LogP contribution >= 0.6 is 0 Å². The Kier molecular flexibility index (Phi) is 8.42. The van der Waals surface area contributed by atoms with Crippen LogP contribution in [0.2, 0.25) is 0 Å². The summed E-state index contributed by atoms with van der Waals surface area (Å²) in [6.45, 7) is 5.43. The number of carbonyl (C=O) groups is 5. The van der Waals surface area contributed by atoms with Crippen LogP contribution in [0.3, 0.4) is 0 Å². The SMILES string of the molecule is CC(C)(C)OC(=O)NCC(=O)Nc1ccc(CNC(=O)CCCN2C(=O)c3ccccc3C2=O)cc1. The highest BCUT2D eigenvalue weighted by Gasteiger charge is 2.34. The highest BCUT2D eigenvalue weighted by atomic mass is 16.6. The molecule has 0 bridgehead atoms. The summed E-state index contributed by atoms with van der Waals surface area (Å²) in [6.07, 6.45) is -0.140. The molecule has 1 aliphatic rings. The zero-order valence-electron chi connectivity index (χ0n) is 20.6. The smallest absolute Gasteiger partial charge is 0.408 e. The number of amides is 5. The molecule has 10 heteroatoms. The molecule has 0 atom stereocenters. The number of fused-ring (bicyclic) bond motifs is 1. The van der Waals surface area contributed by atoms with E-state index in [9.17, 15) is 24.0 Å². The first-order valence-corrected chi connectivity index (χ1v) is 11.6. The van der Waals surface area contributed by atoms with E-state index in [1.54, 1.807) is 69.3 Å². The zero-order chi connectivity index (χ0) is 26.3. The number of ether oxygens (including phenoxy) is 1. The fraction of sp³-hybridized carbons (Fsp3) is 0.346. The van der Waals surface area contributed by atoms with E-state index in [1.807, 2.05) is 0 Å². The Labute approximate surface area is 209 Å². The summed E-state index contributed by atoms with van der Waals surface area (Å²) in [5, 5.41) is 7.85. The molecule has 1 aliphatic heterocycles. The molecule has 0 radical (unpaired) electrons. The fourth-order valence-electron chi connectivity index (χ4n) is 3.51. The van der Waals surface area contributed by atoms with E-state index >= 15 is 0 Å². The standard InChI is InChI=1S/C26H30N4O6/c1-26(2,3)36-25(35)28-16-22(32)29-18-12-10-17(11-13-18)15-27-21(31)9-6-14-30-23(33)19-7-4-5-8-20(19)24(30)34/h4-5,7-8,10-13H,6,9,14-16H2,1-3H3,(H,27,31)(H,28,35)(H,29,32). The Balaban J connectivity index is 1.35. The summed E-state index contributed by atoms with van der Waals surface area (Å²) in [6, 6.07) is 13.6. The monoisotopic (exact) mass is 494 g/mol. The van der Waals surface area contributed by atoms with Gasteiger partial charge in [-0.2, -0.15) is 0 Å². The van der Waals surface area contributed by atoms with Gasteiger partial charge in [0.25, 0.3) is 11.8 Å². The van der Waals surface area contributed by atoms with Crippen LogP contribution in [0.15, 0.2) is 48.5 Å². The molecule has 2 aromatic carbocycles. The van der Waals surface area contributed by atoms with Crippen LogP contribution in [0, 0.1) is 0 Å². The molecule has 5 amide bonds. The van der Waals surface area contributed by atoms with Gasteiger partial charge in [0.05, 0.1) is 11.1 Å². The number of nitrogens with one attached hydrogen (secondary N) is 3. The van der Waals surface area contributed by atoms with Crippen LogP contribution < -0.4 is 16.0 Å². The second-order valence-electron chi connectivity index (χ2n) is 9.29. The molecule has 0 unspecified atom stereocenters. The fourth-order valence-corrected chi connectivity index (χ4v) is 3.51. The quantitative estimate of drug-likeness (QED) is 0.459. The molecule has 3 N–H and O–H groups in total. The van der Waals surface area contributed by atoms with Crippen molar-refractivity contribution < 1.29 is 28.7 Å². The molecular formula is C26H30N4O6. The predicted molar refractivity (Wildman–Crippen MR) is 132 cm³/mol. The predicted octanol–water partition coefficient (Wildman–Crippen LogP) is 2.84. The lowest BCUT2D eigenvalue weighted by molar-refractivity contribution is -0.121. The van der Waals surface area contributed by atoms with Gasteiger partial charge in [0.2, 0.25) is 11.8 Å². The van der Waals surface area contributed by atoms with E-state index in [2.05, 4.69) is 16.0 Å². The number of hydrogen-bond acceptors (Lipinski definition) is 6. The van der Waals surface area contributed by atoms with Crippen molar-refractivity contribution in [3.05, 3.63) is 65.2 Å². The van der Waals surface area contributed by atoms with Crippen molar-refractivity contribution in [3.8, 4) is 0 Å². The lowest BCUT2D eigenvalue weighted by Gasteiger charge is -2.19. The van der Waals surface area contributed by atoms with Crippen LogP contribution in [-0.2, 0) is 20.9 Å². The summed E-state index contributed by atoms with van der Waals surface area (Å²) in [4.78, 5) is 61.7. The van der Waals surface area contributed by atoms with Crippen LogP contribution in [-0.4, -0.2) is 53.3 Å². The average Bonchev–Trinajstić information content (AvgIpc) is 3.06. The Bertz CT molecular complexity index is 1120. The maximum absolute atomic E-state index is 12.4. The summed E-state index contributed by atoms with van der Waals surface area (Å²) < 4.78 is 5.08. The van der Waals surface area contributed by atoms with E-state index in [-0.39, 0.29) is 37.2 Å². The van der Waals surface area contributed by atoms with Crippen molar-refractivity contribution >= 4 is 35.4 Å². The third-order valence-electron chi connectivity index (χ3n) is 5.18. The van der Waals surface area contributed by atoms with Gasteiger partial charge in [0.15, 0.2) is 0 Å². The normalized spacial score (nSPS) is 12.7. The summed E-state index contributed by atoms with van der Waals surface area (Å²) >= 11 is 0. The van der Waals surface area contributed by atoms with Gasteiger partial charge in [-0.15, -0.1) is 0 Å². The number of imide groups is 1. The Morgan fingerprint density at radius 3 is 2.06 bits per heavy atom. The lowest BCUT2D eigenvalue weighted by Crippen LogP contribution is -2.37. The van der Waals surface area contributed by atoms with Crippen molar-refractivity contribution in [2.45, 2.75) is 45.8 Å². The molecule has 2 aromatic rings. The first-order valence-electron chi connectivity index (χ1n) is 11.6. The van der Waals surface area contributed by atoms with Gasteiger partial charge in [-0.1, -0.05) is 24.3 Å². The van der Waals surface area contributed by atoms with Crippen molar-refractivity contribution in [2.24, 2.45) is 0 Å². The minimum Gasteiger partial charge on any atom is -0.444 e. The van der Waals surface area contributed by atoms with Crippen LogP contribution in [0.4, 0.5) is 10.5 Å². The maximum atomic E-state index is 12.4. The Morgan fingerprint density at radius 2 is 1.47 bits per heavy atom. The number of benzene rings is 2.